The molecule has 1 unspecified atom stereocenters. The van der Waals surface area contributed by atoms with Gasteiger partial charge in [-0.15, -0.1) is 6.58 Å². The molecule has 0 radical (unpaired) electrons. The Balaban J connectivity index is 1.70. The van der Waals surface area contributed by atoms with Crippen molar-refractivity contribution < 1.29 is 4.79 Å². The van der Waals surface area contributed by atoms with Gasteiger partial charge in [0.15, 0.2) is 0 Å². The van der Waals surface area contributed by atoms with Crippen LogP contribution >= 0.6 is 0 Å². The Morgan fingerprint density at radius 3 is 2.77 bits per heavy atom. The highest BCUT2D eigenvalue weighted by molar-refractivity contribution is 5.96. The van der Waals surface area contributed by atoms with Crippen LogP contribution in [0.5, 0.6) is 0 Å². The van der Waals surface area contributed by atoms with E-state index in [9.17, 15) is 4.79 Å². The molecule has 0 bridgehead atoms. The summed E-state index contributed by atoms with van der Waals surface area (Å²) in [7, 11) is 0. The van der Waals surface area contributed by atoms with Crippen LogP contribution in [0.1, 0.15) is 29.3 Å². The van der Waals surface area contributed by atoms with Gasteiger partial charge in [-0.3, -0.25) is 4.79 Å². The third-order valence-electron chi connectivity index (χ3n) is 5.29. The van der Waals surface area contributed by atoms with Crippen molar-refractivity contribution in [3.8, 4) is 0 Å². The second-order valence-corrected chi connectivity index (χ2v) is 7.03. The zero-order valence-electron chi connectivity index (χ0n) is 15.3. The Morgan fingerprint density at radius 2 is 2.00 bits per heavy atom. The molecule has 1 amide bonds. The number of imidazole rings is 1. The van der Waals surface area contributed by atoms with Gasteiger partial charge in [-0.2, -0.15) is 0 Å². The van der Waals surface area contributed by atoms with Gasteiger partial charge in [0.05, 0.1) is 11.0 Å². The lowest BCUT2D eigenvalue weighted by Crippen LogP contribution is -2.24. The molecular formula is C22H23N3O. The monoisotopic (exact) mass is 345 g/mol. The number of para-hydroxylation sites is 2. The quantitative estimate of drug-likeness (QED) is 0.659. The first-order valence-electron chi connectivity index (χ1n) is 9.02. The van der Waals surface area contributed by atoms with Crippen LogP contribution in [0.4, 0.5) is 5.69 Å². The summed E-state index contributed by atoms with van der Waals surface area (Å²) in [4.78, 5) is 19.4. The summed E-state index contributed by atoms with van der Waals surface area (Å²) < 4.78 is 2.18. The van der Waals surface area contributed by atoms with Gasteiger partial charge >= 0.3 is 0 Å². The normalized spacial score (nSPS) is 17.2. The molecule has 1 atom stereocenters. The zero-order valence-corrected chi connectivity index (χ0v) is 15.3. The Kier molecular flexibility index (Phi) is 4.11. The highest BCUT2D eigenvalue weighted by atomic mass is 16.2. The van der Waals surface area contributed by atoms with Gasteiger partial charge in [0.1, 0.15) is 5.82 Å². The van der Waals surface area contributed by atoms with E-state index in [-0.39, 0.29) is 11.8 Å². The van der Waals surface area contributed by atoms with Crippen LogP contribution in [0.2, 0.25) is 0 Å². The van der Waals surface area contributed by atoms with Gasteiger partial charge in [0, 0.05) is 31.1 Å². The molecule has 0 spiro atoms. The van der Waals surface area contributed by atoms with Crippen molar-refractivity contribution in [1.29, 1.82) is 0 Å². The Labute approximate surface area is 153 Å². The summed E-state index contributed by atoms with van der Waals surface area (Å²) in [5.74, 6) is 1.23. The van der Waals surface area contributed by atoms with Gasteiger partial charge in [-0.25, -0.2) is 4.98 Å². The number of allylic oxidation sites excluding steroid dienone is 1. The number of amides is 1. The van der Waals surface area contributed by atoms with E-state index in [2.05, 4.69) is 43.2 Å². The van der Waals surface area contributed by atoms with E-state index in [1.54, 1.807) is 0 Å². The predicted molar refractivity (Wildman–Crippen MR) is 106 cm³/mol. The first kappa shape index (κ1) is 16.6. The molecule has 26 heavy (non-hydrogen) atoms. The maximum Gasteiger partial charge on any atom is 0.227 e. The van der Waals surface area contributed by atoms with E-state index in [4.69, 9.17) is 4.98 Å². The van der Waals surface area contributed by atoms with Crippen molar-refractivity contribution in [3.63, 3.8) is 0 Å². The molecule has 2 aromatic carbocycles. The Bertz CT molecular complexity index is 1000. The Morgan fingerprint density at radius 1 is 1.19 bits per heavy atom. The molecular weight excluding hydrogens is 322 g/mol. The van der Waals surface area contributed by atoms with Crippen LogP contribution in [0.3, 0.4) is 0 Å². The number of benzene rings is 2. The maximum atomic E-state index is 12.7. The van der Waals surface area contributed by atoms with Crippen molar-refractivity contribution in [3.05, 3.63) is 72.1 Å². The molecule has 3 aromatic rings. The minimum absolute atomic E-state index is 0.0939. The van der Waals surface area contributed by atoms with E-state index < -0.39 is 0 Å². The molecule has 132 valence electrons. The second-order valence-electron chi connectivity index (χ2n) is 7.03. The first-order valence-corrected chi connectivity index (χ1v) is 9.02. The third kappa shape index (κ3) is 2.71. The van der Waals surface area contributed by atoms with E-state index in [1.165, 1.54) is 11.1 Å². The predicted octanol–water partition coefficient (Wildman–Crippen LogP) is 4.36. The van der Waals surface area contributed by atoms with Gasteiger partial charge < -0.3 is 9.47 Å². The van der Waals surface area contributed by atoms with Crippen molar-refractivity contribution in [2.24, 2.45) is 0 Å². The summed E-state index contributed by atoms with van der Waals surface area (Å²) in [6, 6.07) is 14.3. The molecule has 1 fully saturated rings. The third-order valence-corrected chi connectivity index (χ3v) is 5.29. The largest absolute Gasteiger partial charge is 0.324 e. The van der Waals surface area contributed by atoms with Gasteiger partial charge in [0.25, 0.3) is 0 Å². The summed E-state index contributed by atoms with van der Waals surface area (Å²) in [6.07, 6.45) is 2.38. The smallest absolute Gasteiger partial charge is 0.227 e. The van der Waals surface area contributed by atoms with Crippen molar-refractivity contribution in [2.75, 3.05) is 11.4 Å². The SMILES string of the molecule is C=CCn1c(C2CC(=O)N(c3ccc(C)c(C)c3)C2)nc2ccccc21. The lowest BCUT2D eigenvalue weighted by molar-refractivity contribution is -0.117. The number of hydrogen-bond donors (Lipinski definition) is 0. The summed E-state index contributed by atoms with van der Waals surface area (Å²) in [5.41, 5.74) is 5.50. The number of carbonyl (C=O) groups is 1. The highest BCUT2D eigenvalue weighted by Crippen LogP contribution is 2.33. The second kappa shape index (κ2) is 6.45. The molecule has 0 saturated carbocycles. The van der Waals surface area contributed by atoms with Crippen molar-refractivity contribution in [1.82, 2.24) is 9.55 Å². The minimum Gasteiger partial charge on any atom is -0.324 e. The number of carbonyl (C=O) groups excluding carboxylic acids is 1. The van der Waals surface area contributed by atoms with E-state index in [0.29, 0.717) is 19.5 Å². The van der Waals surface area contributed by atoms with E-state index in [1.807, 2.05) is 35.2 Å². The van der Waals surface area contributed by atoms with Crippen LogP contribution in [0.15, 0.2) is 55.1 Å². The van der Waals surface area contributed by atoms with Crippen LogP contribution < -0.4 is 4.90 Å². The van der Waals surface area contributed by atoms with Crippen molar-refractivity contribution >= 4 is 22.6 Å². The Hall–Kier alpha value is -2.88. The van der Waals surface area contributed by atoms with Crippen LogP contribution in [0.25, 0.3) is 11.0 Å². The molecule has 1 aliphatic rings. The van der Waals surface area contributed by atoms with E-state index >= 15 is 0 Å². The fourth-order valence-corrected chi connectivity index (χ4v) is 3.75. The lowest BCUT2D eigenvalue weighted by Gasteiger charge is -2.18. The first-order chi connectivity index (χ1) is 12.6. The number of anilines is 1. The molecule has 4 nitrogen and oxygen atoms in total. The molecule has 0 aliphatic carbocycles. The summed E-state index contributed by atoms with van der Waals surface area (Å²) >= 11 is 0. The number of fused-ring (bicyclic) bond motifs is 1. The average molecular weight is 345 g/mol. The van der Waals surface area contributed by atoms with Crippen molar-refractivity contribution in [2.45, 2.75) is 32.7 Å². The molecule has 1 saturated heterocycles. The number of nitrogens with zero attached hydrogens (tertiary/aromatic N) is 3. The average Bonchev–Trinajstić information content (AvgIpc) is 3.19. The highest BCUT2D eigenvalue weighted by Gasteiger charge is 2.34. The summed E-state index contributed by atoms with van der Waals surface area (Å²) in [6.45, 7) is 9.42. The fourth-order valence-electron chi connectivity index (χ4n) is 3.75. The van der Waals surface area contributed by atoms with Crippen LogP contribution in [-0.2, 0) is 11.3 Å². The van der Waals surface area contributed by atoms with E-state index in [0.717, 1.165) is 22.5 Å². The molecule has 4 rings (SSSR count). The number of rotatable bonds is 4. The minimum atomic E-state index is 0.0939. The lowest BCUT2D eigenvalue weighted by atomic mass is 10.1. The summed E-state index contributed by atoms with van der Waals surface area (Å²) in [5, 5.41) is 0. The molecule has 1 aromatic heterocycles. The van der Waals surface area contributed by atoms with Gasteiger partial charge in [-0.05, 0) is 49.2 Å². The molecule has 1 aliphatic heterocycles. The molecule has 2 heterocycles. The molecule has 0 N–H and O–H groups in total. The number of hydrogen-bond acceptors (Lipinski definition) is 2. The maximum absolute atomic E-state index is 12.7. The number of aryl methyl sites for hydroxylation is 2. The molecule has 4 heteroatoms. The van der Waals surface area contributed by atoms with Gasteiger partial charge in [0.2, 0.25) is 5.91 Å². The number of aromatic nitrogens is 2. The topological polar surface area (TPSA) is 38.1 Å². The zero-order chi connectivity index (χ0) is 18.3. The standard InChI is InChI=1S/C22H23N3O/c1-4-11-24-20-8-6-5-7-19(20)23-22(24)17-13-21(26)25(14-17)18-10-9-15(2)16(3)12-18/h4-10,12,17H,1,11,13-14H2,2-3H3. The van der Waals surface area contributed by atoms with Gasteiger partial charge in [-0.1, -0.05) is 24.3 Å². The van der Waals surface area contributed by atoms with Crippen LogP contribution in [0, 0.1) is 13.8 Å². The fraction of sp³-hybridized carbons (Fsp3) is 0.273. The van der Waals surface area contributed by atoms with Crippen LogP contribution in [-0.4, -0.2) is 22.0 Å².